The van der Waals surface area contributed by atoms with E-state index < -0.39 is 0 Å². The largest absolute Gasteiger partial charge is 0.497 e. The summed E-state index contributed by atoms with van der Waals surface area (Å²) in [6, 6.07) is 18.9. The molecule has 0 aliphatic heterocycles. The van der Waals surface area contributed by atoms with Gasteiger partial charge in [-0.25, -0.2) is 0 Å². The number of anilines is 1. The van der Waals surface area contributed by atoms with E-state index in [9.17, 15) is 0 Å². The molecule has 0 aliphatic carbocycles. The van der Waals surface area contributed by atoms with E-state index in [0.29, 0.717) is 5.92 Å². The average Bonchev–Trinajstić information content (AvgIpc) is 2.48. The maximum Gasteiger partial charge on any atom is 0.119 e. The van der Waals surface area contributed by atoms with E-state index in [1.54, 1.807) is 7.11 Å². The lowest BCUT2D eigenvalue weighted by atomic mass is 10.1. The van der Waals surface area contributed by atoms with Crippen molar-refractivity contribution >= 4 is 5.69 Å². The van der Waals surface area contributed by atoms with Gasteiger partial charge >= 0.3 is 0 Å². The third-order valence-electron chi connectivity index (χ3n) is 3.34. The van der Waals surface area contributed by atoms with Gasteiger partial charge in [0, 0.05) is 17.8 Å². The van der Waals surface area contributed by atoms with E-state index in [1.807, 2.05) is 19.1 Å². The topological polar surface area (TPSA) is 12.5 Å². The van der Waals surface area contributed by atoms with Crippen LogP contribution in [0.1, 0.15) is 25.0 Å². The molecule has 2 nitrogen and oxygen atoms in total. The molecule has 0 spiro atoms. The molecule has 110 valence electrons. The van der Waals surface area contributed by atoms with Crippen molar-refractivity contribution < 1.29 is 4.74 Å². The minimum absolute atomic E-state index is 0.599. The maximum absolute atomic E-state index is 5.23. The molecule has 0 N–H and O–H groups in total. The summed E-state index contributed by atoms with van der Waals surface area (Å²) in [5, 5.41) is 0. The zero-order valence-electron chi connectivity index (χ0n) is 13.3. The van der Waals surface area contributed by atoms with E-state index in [2.05, 4.69) is 55.1 Å². The molecule has 2 heteroatoms. The molecule has 2 rings (SSSR count). The molecule has 0 saturated carbocycles. The highest BCUT2D eigenvalue weighted by molar-refractivity contribution is 5.49. The minimum Gasteiger partial charge on any atom is -0.497 e. The first-order chi connectivity index (χ1) is 10.1. The molecular weight excluding hydrogens is 258 g/mol. The van der Waals surface area contributed by atoms with Crippen molar-refractivity contribution in [3.8, 4) is 5.75 Å². The summed E-state index contributed by atoms with van der Waals surface area (Å²) in [7, 11) is 1.69. The smallest absolute Gasteiger partial charge is 0.119 e. The van der Waals surface area contributed by atoms with Gasteiger partial charge in [-0.05, 0) is 54.8 Å². The molecule has 0 fully saturated rings. The van der Waals surface area contributed by atoms with Crippen LogP contribution >= 0.6 is 0 Å². The summed E-state index contributed by atoms with van der Waals surface area (Å²) in [5.74, 6) is 1.49. The fourth-order valence-electron chi connectivity index (χ4n) is 2.28. The second-order valence-electron chi connectivity index (χ2n) is 5.76. The van der Waals surface area contributed by atoms with Crippen molar-refractivity contribution in [2.24, 2.45) is 5.92 Å². The lowest BCUT2D eigenvalue weighted by Crippen LogP contribution is -2.26. The first-order valence-corrected chi connectivity index (χ1v) is 7.37. The van der Waals surface area contributed by atoms with Crippen molar-refractivity contribution in [1.29, 1.82) is 0 Å². The molecule has 2 aromatic carbocycles. The van der Waals surface area contributed by atoms with Crippen LogP contribution in [0.25, 0.3) is 0 Å². The number of aryl methyl sites for hydroxylation is 1. The van der Waals surface area contributed by atoms with Crippen LogP contribution in [0.5, 0.6) is 5.75 Å². The van der Waals surface area contributed by atoms with Gasteiger partial charge in [0.2, 0.25) is 0 Å². The van der Waals surface area contributed by atoms with E-state index in [4.69, 9.17) is 4.74 Å². The molecule has 2 aromatic rings. The summed E-state index contributed by atoms with van der Waals surface area (Å²) in [6.07, 6.45) is 0. The van der Waals surface area contributed by atoms with E-state index >= 15 is 0 Å². The van der Waals surface area contributed by atoms with Gasteiger partial charge in [0.05, 0.1) is 13.7 Å². The SMILES string of the molecule is COc1ccc(N(Cc2c#cc(C)cc2)CC(C)C)cc1. The van der Waals surface area contributed by atoms with Crippen LogP contribution in [0.3, 0.4) is 0 Å². The minimum atomic E-state index is 0.599. The quantitative estimate of drug-likeness (QED) is 0.784. The van der Waals surface area contributed by atoms with Crippen LogP contribution in [0, 0.1) is 25.0 Å². The second kappa shape index (κ2) is 7.04. The normalized spacial score (nSPS) is 10.3. The van der Waals surface area contributed by atoms with Gasteiger partial charge in [-0.3, -0.25) is 0 Å². The predicted molar refractivity (Wildman–Crippen MR) is 87.7 cm³/mol. The molecule has 0 saturated heterocycles. The Morgan fingerprint density at radius 2 is 1.76 bits per heavy atom. The van der Waals surface area contributed by atoms with Crippen LogP contribution < -0.4 is 9.64 Å². The van der Waals surface area contributed by atoms with Gasteiger partial charge in [-0.15, -0.1) is 0 Å². The third kappa shape index (κ3) is 4.43. The van der Waals surface area contributed by atoms with Crippen molar-refractivity contribution in [1.82, 2.24) is 0 Å². The molecule has 0 bridgehead atoms. The first-order valence-electron chi connectivity index (χ1n) is 7.37. The molecular formula is C19H23NO. The summed E-state index contributed by atoms with van der Waals surface area (Å²) in [5.41, 5.74) is 3.49. The Hall–Kier alpha value is -2.14. The van der Waals surface area contributed by atoms with Gasteiger partial charge in [0.1, 0.15) is 5.75 Å². The second-order valence-corrected chi connectivity index (χ2v) is 5.76. The molecule has 0 amide bonds. The Morgan fingerprint density at radius 3 is 2.29 bits per heavy atom. The number of rotatable bonds is 6. The van der Waals surface area contributed by atoms with Gasteiger partial charge in [-0.1, -0.05) is 26.0 Å². The summed E-state index contributed by atoms with van der Waals surface area (Å²) < 4.78 is 5.23. The molecule has 0 unspecified atom stereocenters. The summed E-state index contributed by atoms with van der Waals surface area (Å²) in [4.78, 5) is 2.37. The Morgan fingerprint density at radius 1 is 1.05 bits per heavy atom. The van der Waals surface area contributed by atoms with E-state index in [-0.39, 0.29) is 0 Å². The Labute approximate surface area is 128 Å². The van der Waals surface area contributed by atoms with Crippen molar-refractivity contribution in [3.05, 3.63) is 59.7 Å². The zero-order valence-corrected chi connectivity index (χ0v) is 13.3. The standard InChI is InChI=1S/C19H23NO/c1-15(2)13-20(14-17-7-5-16(3)6-8-17)18-9-11-19(21-4)12-10-18/h5,7,9-12,15H,13-14H2,1-4H3. The average molecular weight is 281 g/mol. The lowest BCUT2D eigenvalue weighted by Gasteiger charge is -2.26. The highest BCUT2D eigenvalue weighted by atomic mass is 16.5. The van der Waals surface area contributed by atoms with Crippen molar-refractivity contribution in [2.45, 2.75) is 27.3 Å². The predicted octanol–water partition coefficient (Wildman–Crippen LogP) is 4.27. The number of hydrogen-bond acceptors (Lipinski definition) is 2. The monoisotopic (exact) mass is 281 g/mol. The molecule has 21 heavy (non-hydrogen) atoms. The first kappa shape index (κ1) is 15.3. The number of nitrogens with zero attached hydrogens (tertiary/aromatic N) is 1. The van der Waals surface area contributed by atoms with Crippen LogP contribution in [-0.4, -0.2) is 13.7 Å². The van der Waals surface area contributed by atoms with Gasteiger partial charge < -0.3 is 9.64 Å². The van der Waals surface area contributed by atoms with Crippen molar-refractivity contribution in [3.63, 3.8) is 0 Å². The fourth-order valence-corrected chi connectivity index (χ4v) is 2.28. The Kier molecular flexibility index (Phi) is 5.11. The van der Waals surface area contributed by atoms with Gasteiger partial charge in [0.25, 0.3) is 0 Å². The number of hydrogen-bond donors (Lipinski definition) is 0. The van der Waals surface area contributed by atoms with Gasteiger partial charge in [0.15, 0.2) is 0 Å². The number of benzene rings is 1. The number of ether oxygens (including phenoxy) is 1. The van der Waals surface area contributed by atoms with Crippen LogP contribution in [0.2, 0.25) is 0 Å². The Balaban J connectivity index is 2.18. The maximum atomic E-state index is 5.23. The van der Waals surface area contributed by atoms with Crippen LogP contribution in [-0.2, 0) is 6.54 Å². The third-order valence-corrected chi connectivity index (χ3v) is 3.34. The number of methoxy groups -OCH3 is 1. The zero-order chi connectivity index (χ0) is 15.2. The van der Waals surface area contributed by atoms with Crippen LogP contribution in [0.15, 0.2) is 36.4 Å². The summed E-state index contributed by atoms with van der Waals surface area (Å²) in [6.45, 7) is 8.37. The van der Waals surface area contributed by atoms with E-state index in [0.717, 1.165) is 30.0 Å². The fraction of sp³-hybridized carbons (Fsp3) is 0.368. The van der Waals surface area contributed by atoms with Gasteiger partial charge in [-0.2, -0.15) is 0 Å². The van der Waals surface area contributed by atoms with E-state index in [1.165, 1.54) is 5.69 Å². The lowest BCUT2D eigenvalue weighted by molar-refractivity contribution is 0.415. The highest BCUT2D eigenvalue weighted by Crippen LogP contribution is 2.22. The van der Waals surface area contributed by atoms with Crippen molar-refractivity contribution in [2.75, 3.05) is 18.6 Å². The highest BCUT2D eigenvalue weighted by Gasteiger charge is 2.10. The molecule has 0 aliphatic rings. The van der Waals surface area contributed by atoms with Crippen LogP contribution in [0.4, 0.5) is 5.69 Å². The molecule has 0 heterocycles. The summed E-state index contributed by atoms with van der Waals surface area (Å²) >= 11 is 0. The molecule has 0 radical (unpaired) electrons. The Bertz CT molecular complexity index is 543. The molecule has 0 atom stereocenters. The molecule has 0 aromatic heterocycles.